The van der Waals surface area contributed by atoms with E-state index < -0.39 is 29.5 Å². The Balaban J connectivity index is 1.58. The highest BCUT2D eigenvalue weighted by Crippen LogP contribution is 2.51. The summed E-state index contributed by atoms with van der Waals surface area (Å²) in [6, 6.07) is 0. The van der Waals surface area contributed by atoms with Gasteiger partial charge < -0.3 is 19.5 Å². The van der Waals surface area contributed by atoms with Crippen molar-refractivity contribution < 1.29 is 24.2 Å². The Labute approximate surface area is 116 Å². The molecular formula is C14H17NO5. The van der Waals surface area contributed by atoms with Gasteiger partial charge >= 0.3 is 5.97 Å². The van der Waals surface area contributed by atoms with Gasteiger partial charge in [0, 0.05) is 13.2 Å². The highest BCUT2D eigenvalue weighted by Gasteiger charge is 2.67. The smallest absolute Gasteiger partial charge is 0.310 e. The van der Waals surface area contributed by atoms with Crippen molar-refractivity contribution in [2.45, 2.75) is 30.7 Å². The second-order valence-corrected chi connectivity index (χ2v) is 6.09. The number of ether oxygens (including phenoxy) is 2. The molecule has 2 bridgehead atoms. The highest BCUT2D eigenvalue weighted by molar-refractivity contribution is 5.90. The molecule has 1 spiro atoms. The number of carbonyl (C=O) groups excluding carboxylic acids is 1. The highest BCUT2D eigenvalue weighted by atomic mass is 16.5. The van der Waals surface area contributed by atoms with E-state index in [1.807, 2.05) is 6.08 Å². The number of fused-ring (bicyclic) bond motifs is 1. The third kappa shape index (κ3) is 1.52. The van der Waals surface area contributed by atoms with Crippen LogP contribution in [0.1, 0.15) is 12.8 Å². The molecule has 0 saturated carbocycles. The average molecular weight is 279 g/mol. The second kappa shape index (κ2) is 4.05. The van der Waals surface area contributed by atoms with Crippen molar-refractivity contribution in [1.82, 2.24) is 4.90 Å². The van der Waals surface area contributed by atoms with Crippen LogP contribution >= 0.6 is 0 Å². The van der Waals surface area contributed by atoms with Crippen molar-refractivity contribution in [2.24, 2.45) is 11.8 Å². The lowest BCUT2D eigenvalue weighted by atomic mass is 9.77. The fourth-order valence-electron chi connectivity index (χ4n) is 4.05. The van der Waals surface area contributed by atoms with Gasteiger partial charge in [-0.25, -0.2) is 0 Å². The molecular weight excluding hydrogens is 262 g/mol. The maximum absolute atomic E-state index is 12.6. The van der Waals surface area contributed by atoms with Crippen LogP contribution in [0.25, 0.3) is 0 Å². The lowest BCUT2D eigenvalue weighted by molar-refractivity contribution is -0.148. The van der Waals surface area contributed by atoms with Crippen LogP contribution in [0.3, 0.4) is 0 Å². The molecule has 0 aromatic heterocycles. The van der Waals surface area contributed by atoms with Crippen LogP contribution < -0.4 is 0 Å². The van der Waals surface area contributed by atoms with E-state index in [-0.39, 0.29) is 12.0 Å². The molecule has 0 aromatic rings. The van der Waals surface area contributed by atoms with E-state index >= 15 is 0 Å². The Morgan fingerprint density at radius 2 is 2.40 bits per heavy atom. The largest absolute Gasteiger partial charge is 0.481 e. The van der Waals surface area contributed by atoms with Gasteiger partial charge in [0.15, 0.2) is 0 Å². The first-order chi connectivity index (χ1) is 9.61. The molecule has 1 N–H and O–H groups in total. The monoisotopic (exact) mass is 279 g/mol. The molecule has 6 nitrogen and oxygen atoms in total. The minimum atomic E-state index is -0.946. The zero-order valence-electron chi connectivity index (χ0n) is 11.0. The molecule has 3 fully saturated rings. The first-order valence-electron chi connectivity index (χ1n) is 7.11. The lowest BCUT2D eigenvalue weighted by Crippen LogP contribution is -2.39. The number of carbonyl (C=O) groups is 2. The van der Waals surface area contributed by atoms with E-state index in [1.165, 1.54) is 0 Å². The number of aliphatic carboxylic acids is 1. The maximum atomic E-state index is 12.6. The summed E-state index contributed by atoms with van der Waals surface area (Å²) in [7, 11) is 0. The number of hydrogen-bond acceptors (Lipinski definition) is 4. The van der Waals surface area contributed by atoms with Crippen LogP contribution in [0.5, 0.6) is 0 Å². The Hall–Kier alpha value is -1.40. The molecule has 5 atom stereocenters. The van der Waals surface area contributed by atoms with Crippen molar-refractivity contribution in [3.8, 4) is 0 Å². The third-order valence-corrected chi connectivity index (χ3v) is 4.91. The van der Waals surface area contributed by atoms with Gasteiger partial charge in [-0.2, -0.15) is 0 Å². The summed E-state index contributed by atoms with van der Waals surface area (Å²) in [5, 5.41) is 9.36. The molecule has 6 heteroatoms. The molecule has 0 radical (unpaired) electrons. The predicted molar refractivity (Wildman–Crippen MR) is 66.9 cm³/mol. The van der Waals surface area contributed by atoms with E-state index in [2.05, 4.69) is 0 Å². The van der Waals surface area contributed by atoms with Gasteiger partial charge in [0.1, 0.15) is 11.5 Å². The molecule has 4 rings (SSSR count). The summed E-state index contributed by atoms with van der Waals surface area (Å²) < 4.78 is 11.4. The molecule has 4 aliphatic heterocycles. The minimum absolute atomic E-state index is 0.0821. The van der Waals surface area contributed by atoms with E-state index in [0.717, 1.165) is 19.4 Å². The fraction of sp³-hybridized carbons (Fsp3) is 0.714. The number of carboxylic acids is 1. The van der Waals surface area contributed by atoms with Gasteiger partial charge in [-0.05, 0) is 12.8 Å². The van der Waals surface area contributed by atoms with E-state index in [1.54, 1.807) is 11.0 Å². The molecule has 4 heterocycles. The number of hydrogen-bond donors (Lipinski definition) is 1. The van der Waals surface area contributed by atoms with Gasteiger partial charge in [0.05, 0.1) is 24.7 Å². The topological polar surface area (TPSA) is 76.1 Å². The van der Waals surface area contributed by atoms with E-state index in [0.29, 0.717) is 13.1 Å². The normalized spacial score (nSPS) is 45.4. The van der Waals surface area contributed by atoms with Gasteiger partial charge in [-0.3, -0.25) is 9.59 Å². The first-order valence-corrected chi connectivity index (χ1v) is 7.11. The van der Waals surface area contributed by atoms with Crippen LogP contribution in [0.15, 0.2) is 12.2 Å². The van der Waals surface area contributed by atoms with Crippen LogP contribution in [-0.4, -0.2) is 59.4 Å². The molecule has 4 aliphatic rings. The molecule has 20 heavy (non-hydrogen) atoms. The Bertz CT molecular complexity index is 498. The number of rotatable bonds is 3. The zero-order chi connectivity index (χ0) is 13.9. The lowest BCUT2D eigenvalue weighted by Gasteiger charge is -2.23. The minimum Gasteiger partial charge on any atom is -0.481 e. The number of nitrogens with zero attached hydrogens (tertiary/aromatic N) is 1. The molecule has 0 aromatic carbocycles. The van der Waals surface area contributed by atoms with Crippen molar-refractivity contribution >= 4 is 11.9 Å². The summed E-state index contributed by atoms with van der Waals surface area (Å²) in [5.74, 6) is -2.36. The van der Waals surface area contributed by atoms with Crippen molar-refractivity contribution in [3.05, 3.63) is 12.2 Å². The third-order valence-electron chi connectivity index (χ3n) is 4.91. The Kier molecular flexibility index (Phi) is 2.50. The SMILES string of the molecule is O=C(O)[C@@H]1[C@@H]2C=C[C@]3(CN(C[C@@H]4CCCO4)C(=O)[C@H]13)O2. The van der Waals surface area contributed by atoms with Crippen molar-refractivity contribution in [1.29, 1.82) is 0 Å². The fourth-order valence-corrected chi connectivity index (χ4v) is 4.05. The van der Waals surface area contributed by atoms with Crippen LogP contribution in [0.2, 0.25) is 0 Å². The standard InChI is InChI=1S/C14H17NO5/c16-12-11-10(13(17)18)9-3-4-14(11,20-9)7-15(12)6-8-2-1-5-19-8/h3-4,8-11H,1-2,5-7H2,(H,17,18)/t8-,9-,10+,11-,14+/m0/s1. The Morgan fingerprint density at radius 3 is 3.10 bits per heavy atom. The summed E-state index contributed by atoms with van der Waals surface area (Å²) in [6.45, 7) is 1.75. The zero-order valence-corrected chi connectivity index (χ0v) is 11.0. The van der Waals surface area contributed by atoms with Gasteiger partial charge in [0.2, 0.25) is 5.91 Å². The summed E-state index contributed by atoms with van der Waals surface area (Å²) in [4.78, 5) is 25.7. The van der Waals surface area contributed by atoms with Crippen LogP contribution in [-0.2, 0) is 19.1 Å². The van der Waals surface area contributed by atoms with Crippen molar-refractivity contribution in [2.75, 3.05) is 19.7 Å². The number of amides is 1. The Morgan fingerprint density at radius 1 is 1.55 bits per heavy atom. The van der Waals surface area contributed by atoms with Gasteiger partial charge in [-0.1, -0.05) is 12.2 Å². The van der Waals surface area contributed by atoms with Gasteiger partial charge in [-0.15, -0.1) is 0 Å². The quantitative estimate of drug-likeness (QED) is 0.738. The van der Waals surface area contributed by atoms with E-state index in [9.17, 15) is 14.7 Å². The van der Waals surface area contributed by atoms with E-state index in [4.69, 9.17) is 9.47 Å². The average Bonchev–Trinajstić information content (AvgIpc) is 3.12. The molecule has 3 saturated heterocycles. The number of carboxylic acid groups (broad SMARTS) is 1. The maximum Gasteiger partial charge on any atom is 0.310 e. The van der Waals surface area contributed by atoms with Gasteiger partial charge in [0.25, 0.3) is 0 Å². The molecule has 0 unspecified atom stereocenters. The number of likely N-dealkylation sites (tertiary alicyclic amines) is 1. The molecule has 1 amide bonds. The summed E-state index contributed by atoms with van der Waals surface area (Å²) in [6.07, 6.45) is 5.29. The molecule has 0 aliphatic carbocycles. The summed E-state index contributed by atoms with van der Waals surface area (Å²) >= 11 is 0. The van der Waals surface area contributed by atoms with Crippen LogP contribution in [0, 0.1) is 11.8 Å². The predicted octanol–water partition coefficient (Wildman–Crippen LogP) is 0.0320. The second-order valence-electron chi connectivity index (χ2n) is 6.09. The molecule has 108 valence electrons. The van der Waals surface area contributed by atoms with Crippen LogP contribution in [0.4, 0.5) is 0 Å². The summed E-state index contributed by atoms with van der Waals surface area (Å²) in [5.41, 5.74) is -0.719. The first kappa shape index (κ1) is 12.3. The van der Waals surface area contributed by atoms with Crippen molar-refractivity contribution in [3.63, 3.8) is 0 Å².